The summed E-state index contributed by atoms with van der Waals surface area (Å²) in [4.78, 5) is 12.3. The Bertz CT molecular complexity index is 5920. The minimum atomic E-state index is -2.25. The Kier molecular flexibility index (Phi) is 35.5. The molecule has 23 nitrogen and oxygen atoms in total. The molecule has 0 saturated carbocycles. The molecule has 4 saturated heterocycles. The molecular formula is C118H132O23. The van der Waals surface area contributed by atoms with Crippen LogP contribution in [0.3, 0.4) is 0 Å². The normalized spacial score (nSPS) is 28.5. The number of methoxy groups -OCH3 is 1. The van der Waals surface area contributed by atoms with Gasteiger partial charge in [-0.3, -0.25) is 4.79 Å². The van der Waals surface area contributed by atoms with Crippen LogP contribution in [0.2, 0.25) is 0 Å². The molecule has 16 rings (SSSR count). The van der Waals surface area contributed by atoms with E-state index in [0.717, 1.165) is 12.8 Å². The van der Waals surface area contributed by atoms with Crippen LogP contribution in [0.25, 0.3) is 0 Å². The second kappa shape index (κ2) is 56.9. The Hall–Kier alpha value is -10.7. The lowest BCUT2D eigenvalue weighted by atomic mass is 9.94. The first-order valence-electron chi connectivity index (χ1n) is 54.9. The summed E-state index contributed by atoms with van der Waals surface area (Å²) in [5.74, 6) is -0.318. The van der Waals surface area contributed by atoms with Crippen molar-refractivity contribution in [3.8, 4) is 0 Å². The maximum Gasteiger partial charge on any atom is 0.305 e. The largest absolute Gasteiger partial charge is 0.469 e. The zero-order valence-corrected chi connectivity index (χ0v) is 78.5. The Morgan fingerprint density at radius 2 is 0.433 bits per heavy atom. The van der Waals surface area contributed by atoms with Gasteiger partial charge >= 0.3 is 5.97 Å². The molecule has 4 aliphatic heterocycles. The summed E-state index contributed by atoms with van der Waals surface area (Å²) in [5, 5.41) is 14.1. The van der Waals surface area contributed by atoms with E-state index in [0.29, 0.717) is 81.3 Å². The van der Waals surface area contributed by atoms with Gasteiger partial charge in [0.25, 0.3) is 0 Å². The van der Waals surface area contributed by atoms with Crippen LogP contribution >= 0.6 is 0 Å². The number of aliphatic hydroxyl groups is 1. The lowest BCUT2D eigenvalue weighted by Crippen LogP contribution is -2.69. The first-order chi connectivity index (χ1) is 74.7. The van der Waals surface area contributed by atoms with Crippen LogP contribution in [0, 0.1) is 0 Å². The molecule has 23 heteroatoms. The highest BCUT2D eigenvalue weighted by Crippen LogP contribution is 2.42. The van der Waals surface area contributed by atoms with Crippen LogP contribution in [0.5, 0.6) is 0 Å². The molecule has 0 aromatic heterocycles. The minimum Gasteiger partial charge on any atom is -0.469 e. The van der Waals surface area contributed by atoms with Crippen molar-refractivity contribution in [2.75, 3.05) is 40.1 Å². The van der Waals surface area contributed by atoms with Gasteiger partial charge in [-0.1, -0.05) is 390 Å². The molecule has 742 valence electrons. The molecule has 4 aliphatic rings. The van der Waals surface area contributed by atoms with E-state index < -0.39 is 228 Å². The Morgan fingerprint density at radius 3 is 0.695 bits per heavy atom. The topological polar surface area (TPSA) is 231 Å². The summed E-state index contributed by atoms with van der Waals surface area (Å²) < 4.78 is 270. The van der Waals surface area contributed by atoms with Gasteiger partial charge < -0.3 is 105 Å². The third-order valence-electron chi connectivity index (χ3n) is 24.0. The first-order valence-corrected chi connectivity index (χ1v) is 48.0. The molecule has 4 heterocycles. The minimum absolute atomic E-state index is 0.0769. The van der Waals surface area contributed by atoms with Gasteiger partial charge in [0.15, 0.2) is 25.2 Å². The molecule has 32 atom stereocenters. The number of benzene rings is 12. The molecule has 0 amide bonds. The maximum absolute atomic E-state index is 14.1. The summed E-state index contributed by atoms with van der Waals surface area (Å²) in [6.45, 7) is -21.5. The van der Waals surface area contributed by atoms with Crippen molar-refractivity contribution in [3.63, 3.8) is 0 Å². The van der Waals surface area contributed by atoms with E-state index in [2.05, 4.69) is 0 Å². The quantitative estimate of drug-likeness (QED) is 0.0276. The fourth-order valence-electron chi connectivity index (χ4n) is 16.7. The number of aliphatic hydroxyl groups excluding tert-OH is 1. The van der Waals surface area contributed by atoms with Crippen LogP contribution < -0.4 is 0 Å². The maximum atomic E-state index is 14.1. The van der Waals surface area contributed by atoms with E-state index >= 15 is 0 Å². The third kappa shape index (κ3) is 32.1. The molecule has 141 heavy (non-hydrogen) atoms. The first kappa shape index (κ1) is 88.0. The lowest BCUT2D eigenvalue weighted by molar-refractivity contribution is -0.416. The monoisotopic (exact) mass is 1930 g/mol. The van der Waals surface area contributed by atoms with E-state index in [4.69, 9.17) is 99.5 Å². The summed E-state index contributed by atoms with van der Waals surface area (Å²) in [5.41, 5.74) is 4.21. The summed E-state index contributed by atoms with van der Waals surface area (Å²) in [6.07, 6.45) is -33.0. The summed E-state index contributed by atoms with van der Waals surface area (Å²) in [6, 6.07) is 103. The van der Waals surface area contributed by atoms with Crippen LogP contribution in [0.4, 0.5) is 0 Å². The number of hydrogen-bond donors (Lipinski definition) is 1. The van der Waals surface area contributed by atoms with Gasteiger partial charge in [-0.2, -0.15) is 0 Å². The predicted octanol–water partition coefficient (Wildman–Crippen LogP) is 19.9. The molecule has 0 radical (unpaired) electrons. The van der Waals surface area contributed by atoms with Crippen molar-refractivity contribution < 1.29 is 126 Å². The number of carbonyl (C=O) groups excluding carboxylic acids is 1. The van der Waals surface area contributed by atoms with Gasteiger partial charge in [-0.15, -0.1) is 0 Å². The molecule has 0 spiro atoms. The number of ether oxygens (including phenoxy) is 21. The van der Waals surface area contributed by atoms with E-state index in [1.165, 1.54) is 7.11 Å². The van der Waals surface area contributed by atoms with Gasteiger partial charge in [-0.05, 0) is 79.6 Å². The van der Waals surface area contributed by atoms with Crippen molar-refractivity contribution in [2.45, 2.75) is 247 Å². The lowest BCUT2D eigenvalue weighted by Gasteiger charge is -2.52. The molecular weight excluding hydrogens is 1790 g/mol. The zero-order chi connectivity index (χ0) is 107. The Labute approximate surface area is 845 Å². The average Bonchev–Trinajstić information content (AvgIpc) is 0.745. The van der Waals surface area contributed by atoms with Crippen molar-refractivity contribution in [2.24, 2.45) is 0 Å². The van der Waals surface area contributed by atoms with E-state index in [9.17, 15) is 26.4 Å². The molecule has 12 aromatic rings. The molecule has 0 bridgehead atoms. The van der Waals surface area contributed by atoms with E-state index in [1.54, 1.807) is 358 Å². The van der Waals surface area contributed by atoms with E-state index in [-0.39, 0.29) is 30.1 Å². The predicted molar refractivity (Wildman–Crippen MR) is 530 cm³/mol. The number of hydrogen-bond acceptors (Lipinski definition) is 23. The van der Waals surface area contributed by atoms with Gasteiger partial charge in [-0.25, -0.2) is 0 Å². The highest BCUT2D eigenvalue weighted by atomic mass is 16.8. The molecule has 12 aromatic carbocycles. The second-order valence-electron chi connectivity index (χ2n) is 34.3. The SMILES string of the molecule is [2H]C(OC[C@H]1OC(O[C@@H]2C(O[C@@H]3C(O[C@@H]4C(OCCCCCCCCC(=O)OC)O[C@H](COC([2H])c5ccccc5)[C@@H](OC([2H])c5ccccc5)[C@@H]4OC([2H])c4ccccc4)O[C@H](COC([2H])c4ccccc4)[C@@H](OC([2H])c4ccccc4)[C@@H]3OC([2H])c3ccccc3)O[C@H](COC([2H])c3ccccc3)[C@@H](OC([2H])c3ccccc3)[C@@H]2OC([2H])c2ccccc2)[C@@H](O)[C@@H](OC([2H])c2ccccc2)[C@@H]1OC([2H])c1ccccc1)c1ccccc1. The third-order valence-corrected chi connectivity index (χ3v) is 24.0. The summed E-state index contributed by atoms with van der Waals surface area (Å²) in [7, 11) is 1.35. The molecule has 16 unspecified atom stereocenters. The Balaban J connectivity index is 0.927. The van der Waals surface area contributed by atoms with Crippen LogP contribution in [0.1, 0.15) is 128 Å². The number of unbranched alkanes of at least 4 members (excludes halogenated alkanes) is 5. The van der Waals surface area contributed by atoms with Crippen LogP contribution in [-0.4, -0.2) is 174 Å². The van der Waals surface area contributed by atoms with Gasteiger partial charge in [0.2, 0.25) is 0 Å². The van der Waals surface area contributed by atoms with Crippen molar-refractivity contribution in [3.05, 3.63) is 431 Å². The molecule has 4 fully saturated rings. The van der Waals surface area contributed by atoms with Crippen LogP contribution in [-0.2, 0) is 183 Å². The highest BCUT2D eigenvalue weighted by molar-refractivity contribution is 5.69. The van der Waals surface area contributed by atoms with Crippen molar-refractivity contribution >= 4 is 5.97 Å². The van der Waals surface area contributed by atoms with Crippen molar-refractivity contribution in [1.82, 2.24) is 0 Å². The van der Waals surface area contributed by atoms with Gasteiger partial charge in [0.1, 0.15) is 97.7 Å². The summed E-state index contributed by atoms with van der Waals surface area (Å²) >= 11 is 0. The zero-order valence-electron chi connectivity index (χ0n) is 90.5. The number of rotatable bonds is 56. The molecule has 0 aliphatic carbocycles. The number of esters is 1. The molecule has 1 N–H and O–H groups in total. The van der Waals surface area contributed by atoms with Crippen LogP contribution in [0.15, 0.2) is 364 Å². The van der Waals surface area contributed by atoms with Crippen molar-refractivity contribution in [1.29, 1.82) is 0 Å². The van der Waals surface area contributed by atoms with E-state index in [1.807, 2.05) is 6.07 Å². The van der Waals surface area contributed by atoms with Gasteiger partial charge in [0, 0.05) is 13.0 Å². The fraction of sp³-hybridized carbons (Fsp3) is 0.381. The standard InChI is InChI=1S/C118H132O23/c1-121-102(119)68-42-4-2-3-5-43-69-126-116-112(109(132-79-95-62-36-15-37-63-95)105(128-75-91-54-28-11-29-55-91)99(136-116)83-123-71-87-46-20-7-21-47-87)140-118-114(111(134-81-97-66-40-17-41-67-97)107(130-77-93-58-32-13-33-59-93)101(138-118)85-125-73-89-50-24-9-25-51-89)141-117-113(110(133-80-96-64-38-16-39-65-96)106(129-76-92-56-30-12-31-57-92)100(137-117)84-124-72-88-48-22-8-23-49-88)139-115-103(120)108(131-78-94-60-34-14-35-61-94)104(127-74-90-52-26-10-27-53-90)98(135-115)82-122-70-86-44-18-6-19-45-86/h6-41,44-67,98-101,103-118,120H,2-5,42-43,68-85H2,1H3/t98-,99-,100-,101-,103+,104-,105-,106-,107-,108-,109+,110+,111+,112+,113+,114+,115?,116?,117?,118?/m1/s1/i70D,71D,72D,73D,74D,75D,76D,77D,78D,79D,80D,81D/t70?,71?,72?,73?,74?,75?,76?,77?,78?,79?,80?,81?,98-,99-,100-,101-,103+,104-,105-,106-,107-,108-,109+,110+,111+,112+,113+,114+,115?,116?,117?,118?. The number of carbonyl (C=O) groups is 1. The Morgan fingerprint density at radius 1 is 0.234 bits per heavy atom. The van der Waals surface area contributed by atoms with Gasteiger partial charge in [0.05, 0.1) is 129 Å². The second-order valence-corrected chi connectivity index (χ2v) is 34.3. The average molecular weight is 1930 g/mol. The highest BCUT2D eigenvalue weighted by Gasteiger charge is 2.60. The smallest absolute Gasteiger partial charge is 0.305 e. The fourth-order valence-corrected chi connectivity index (χ4v) is 16.7.